The van der Waals surface area contributed by atoms with Gasteiger partial charge in [-0.25, -0.2) is 0 Å². The molecule has 4 atom stereocenters. The third-order valence-electron chi connectivity index (χ3n) is 6.13. The molecule has 1 amide bonds. The molecule has 8 nitrogen and oxygen atoms in total. The Balaban J connectivity index is 1.70. The molecule has 1 aromatic carbocycles. The summed E-state index contributed by atoms with van der Waals surface area (Å²) in [7, 11) is -1.99. The summed E-state index contributed by atoms with van der Waals surface area (Å²) in [6.45, 7) is 11.1. The zero-order chi connectivity index (χ0) is 23.7. The molecule has 3 rings (SSSR count). The van der Waals surface area contributed by atoms with Crippen LogP contribution in [-0.4, -0.2) is 67.8 Å². The number of hydrogen-bond acceptors (Lipinski definition) is 6. The first kappa shape index (κ1) is 24.8. The number of aromatic nitrogens is 2. The Morgan fingerprint density at radius 1 is 1.19 bits per heavy atom. The SMILES string of the molecule is CC(C)(C)[Si](C)(C)OC[C@H]1[Se][C@@H](n2ccc(NC(=O)c3ccccc3)nc2=O)C(O)C1O. The molecule has 1 aliphatic rings. The van der Waals surface area contributed by atoms with Gasteiger partial charge in [-0.1, -0.05) is 0 Å². The molecule has 10 heteroatoms. The van der Waals surface area contributed by atoms with Crippen LogP contribution < -0.4 is 11.0 Å². The quantitative estimate of drug-likeness (QED) is 0.500. The molecule has 2 unspecified atom stereocenters. The van der Waals surface area contributed by atoms with Crippen molar-refractivity contribution >= 4 is 35.0 Å². The standard InChI is InChI=1S/C22H31N3O5SeSi/c1-22(2,3)32(4,5)30-13-15-17(26)18(27)20(31-15)25-12-11-16(24-21(25)29)23-19(28)14-9-7-6-8-10-14/h6-12,15,17-18,20,26-27H,13H2,1-5H3,(H,23,24,28,29)/t15-,17?,18?,20-/m1/s1. The van der Waals surface area contributed by atoms with Gasteiger partial charge in [-0.3, -0.25) is 0 Å². The Hall–Kier alpha value is -1.81. The van der Waals surface area contributed by atoms with E-state index in [-0.39, 0.29) is 36.5 Å². The van der Waals surface area contributed by atoms with Gasteiger partial charge < -0.3 is 0 Å². The summed E-state index contributed by atoms with van der Waals surface area (Å²) in [5, 5.41) is 23.9. The predicted molar refractivity (Wildman–Crippen MR) is 127 cm³/mol. The van der Waals surface area contributed by atoms with Crippen molar-refractivity contribution in [3.05, 3.63) is 58.6 Å². The first-order valence-electron chi connectivity index (χ1n) is 10.5. The second-order valence-corrected chi connectivity index (χ2v) is 17.1. The molecule has 0 aliphatic carbocycles. The monoisotopic (exact) mass is 525 g/mol. The molecule has 3 N–H and O–H groups in total. The maximum atomic E-state index is 12.6. The molecule has 174 valence electrons. The fourth-order valence-corrected chi connectivity index (χ4v) is 7.38. The van der Waals surface area contributed by atoms with E-state index in [1.165, 1.54) is 16.8 Å². The fourth-order valence-electron chi connectivity index (χ4n) is 3.06. The van der Waals surface area contributed by atoms with Crippen LogP contribution in [0.2, 0.25) is 22.9 Å². The van der Waals surface area contributed by atoms with Crippen molar-refractivity contribution in [3.63, 3.8) is 0 Å². The van der Waals surface area contributed by atoms with E-state index in [0.29, 0.717) is 12.2 Å². The zero-order valence-corrected chi connectivity index (χ0v) is 21.7. The van der Waals surface area contributed by atoms with Gasteiger partial charge in [-0.15, -0.1) is 0 Å². The van der Waals surface area contributed by atoms with Gasteiger partial charge >= 0.3 is 195 Å². The number of aliphatic hydroxyl groups excluding tert-OH is 2. The van der Waals surface area contributed by atoms with E-state index in [0.717, 1.165) is 0 Å². The van der Waals surface area contributed by atoms with Gasteiger partial charge in [0, 0.05) is 0 Å². The van der Waals surface area contributed by atoms with Crippen LogP contribution in [0.1, 0.15) is 36.1 Å². The summed E-state index contributed by atoms with van der Waals surface area (Å²) in [6, 6.07) is 10.2. The van der Waals surface area contributed by atoms with E-state index >= 15 is 0 Å². The topological polar surface area (TPSA) is 114 Å². The summed E-state index contributed by atoms with van der Waals surface area (Å²) in [5.74, 6) is -0.225. The van der Waals surface area contributed by atoms with Crippen molar-refractivity contribution in [2.45, 2.75) is 60.9 Å². The molecule has 0 radical (unpaired) electrons. The summed E-state index contributed by atoms with van der Waals surface area (Å²) in [5.41, 5.74) is -0.124. The minimum absolute atomic E-state index is 0.0441. The van der Waals surface area contributed by atoms with Gasteiger partial charge in [-0.2, -0.15) is 0 Å². The van der Waals surface area contributed by atoms with Crippen LogP contribution in [0.15, 0.2) is 47.4 Å². The average molecular weight is 525 g/mol. The molecule has 2 aromatic rings. The number of rotatable bonds is 6. The molecule has 0 bridgehead atoms. The Kier molecular flexibility index (Phi) is 7.43. The molecular formula is C22H31N3O5SeSi. The van der Waals surface area contributed by atoms with E-state index in [9.17, 15) is 19.8 Å². The Morgan fingerprint density at radius 2 is 1.84 bits per heavy atom. The average Bonchev–Trinajstić information content (AvgIpc) is 3.00. The van der Waals surface area contributed by atoms with Crippen LogP contribution in [0.25, 0.3) is 0 Å². The summed E-state index contributed by atoms with van der Waals surface area (Å²) in [4.78, 5) is 28.1. The summed E-state index contributed by atoms with van der Waals surface area (Å²) >= 11 is -0.276. The van der Waals surface area contributed by atoms with E-state index < -0.39 is 31.2 Å². The van der Waals surface area contributed by atoms with Crippen LogP contribution >= 0.6 is 0 Å². The molecule has 1 saturated heterocycles. The van der Waals surface area contributed by atoms with E-state index in [4.69, 9.17) is 4.43 Å². The van der Waals surface area contributed by atoms with Crippen LogP contribution in [0, 0.1) is 0 Å². The first-order chi connectivity index (χ1) is 14.9. The fraction of sp³-hybridized carbons (Fsp3) is 0.500. The van der Waals surface area contributed by atoms with Gasteiger partial charge in [0.1, 0.15) is 0 Å². The Bertz CT molecular complexity index is 1010. The summed E-state index contributed by atoms with van der Waals surface area (Å²) in [6.07, 6.45) is -0.531. The van der Waals surface area contributed by atoms with Gasteiger partial charge in [0.05, 0.1) is 0 Å². The van der Waals surface area contributed by atoms with Crippen LogP contribution in [0.5, 0.6) is 0 Å². The van der Waals surface area contributed by atoms with Crippen molar-refractivity contribution in [2.24, 2.45) is 0 Å². The number of nitrogens with one attached hydrogen (secondary N) is 1. The second-order valence-electron chi connectivity index (χ2n) is 9.44. The molecule has 0 saturated carbocycles. The van der Waals surface area contributed by atoms with Crippen molar-refractivity contribution in [2.75, 3.05) is 11.9 Å². The zero-order valence-electron chi connectivity index (χ0n) is 19.0. The van der Waals surface area contributed by atoms with Crippen molar-refractivity contribution in [1.82, 2.24) is 9.55 Å². The number of hydrogen-bond donors (Lipinski definition) is 3. The van der Waals surface area contributed by atoms with Crippen molar-refractivity contribution < 1.29 is 19.4 Å². The van der Waals surface area contributed by atoms with E-state index in [2.05, 4.69) is 44.2 Å². The van der Waals surface area contributed by atoms with Gasteiger partial charge in [0.25, 0.3) is 0 Å². The second kappa shape index (κ2) is 9.58. The molecule has 0 spiro atoms. The Labute approximate surface area is 195 Å². The molecule has 32 heavy (non-hydrogen) atoms. The van der Waals surface area contributed by atoms with Gasteiger partial charge in [-0.05, 0) is 0 Å². The molecule has 1 aromatic heterocycles. The van der Waals surface area contributed by atoms with Gasteiger partial charge in [0.15, 0.2) is 0 Å². The van der Waals surface area contributed by atoms with Crippen LogP contribution in [0.4, 0.5) is 5.82 Å². The molecule has 2 heterocycles. The number of amides is 1. The number of carbonyl (C=O) groups excluding carboxylic acids is 1. The van der Waals surface area contributed by atoms with Crippen LogP contribution in [-0.2, 0) is 4.43 Å². The Morgan fingerprint density at radius 3 is 2.44 bits per heavy atom. The number of anilines is 1. The van der Waals surface area contributed by atoms with Crippen molar-refractivity contribution in [3.8, 4) is 0 Å². The molecule has 1 aliphatic heterocycles. The van der Waals surface area contributed by atoms with E-state index in [1.807, 2.05) is 6.07 Å². The number of carbonyl (C=O) groups is 1. The number of aliphatic hydroxyl groups is 2. The third kappa shape index (κ3) is 5.39. The molecule has 1 fully saturated rings. The normalized spacial score (nSPS) is 23.8. The van der Waals surface area contributed by atoms with Crippen LogP contribution in [0.3, 0.4) is 0 Å². The first-order valence-corrected chi connectivity index (χ1v) is 15.4. The van der Waals surface area contributed by atoms with E-state index in [1.54, 1.807) is 24.3 Å². The van der Waals surface area contributed by atoms with Gasteiger partial charge in [0.2, 0.25) is 0 Å². The number of nitrogens with zero attached hydrogens (tertiary/aromatic N) is 2. The number of benzene rings is 1. The predicted octanol–water partition coefficient (Wildman–Crippen LogP) is 2.24. The minimum atomic E-state index is -1.99. The maximum absolute atomic E-state index is 12.6. The van der Waals surface area contributed by atoms with Crippen molar-refractivity contribution in [1.29, 1.82) is 0 Å². The summed E-state index contributed by atoms with van der Waals surface area (Å²) < 4.78 is 7.59. The third-order valence-corrected chi connectivity index (χ3v) is 13.9. The molecular weight excluding hydrogens is 493 g/mol.